The summed E-state index contributed by atoms with van der Waals surface area (Å²) in [5.74, 6) is -0.279. The standard InChI is InChI=1S/C17H16Cl2N2O/c18-13-5-1-11(2-6-13)16(12-3-7-14(19)8-4-12)21-10-9-15(21)17(20)22/h1-8,15-16H,9-10H2,(H2,20,22). The molecule has 0 saturated carbocycles. The SMILES string of the molecule is NC(=O)C1CCN1C(c1ccc(Cl)cc1)c1ccc(Cl)cc1. The Kier molecular flexibility index (Phi) is 4.39. The number of carbonyl (C=O) groups is 1. The van der Waals surface area contributed by atoms with Crippen molar-refractivity contribution in [1.82, 2.24) is 4.90 Å². The number of likely N-dealkylation sites (tertiary alicyclic amines) is 1. The first-order valence-corrected chi connectivity index (χ1v) is 7.88. The molecule has 0 bridgehead atoms. The molecule has 0 aromatic heterocycles. The highest BCUT2D eigenvalue weighted by molar-refractivity contribution is 6.30. The number of hydrogen-bond acceptors (Lipinski definition) is 2. The number of amides is 1. The molecule has 0 spiro atoms. The number of carbonyl (C=O) groups excluding carboxylic acids is 1. The molecule has 2 aromatic carbocycles. The van der Waals surface area contributed by atoms with E-state index in [1.807, 2.05) is 48.5 Å². The van der Waals surface area contributed by atoms with E-state index in [1.54, 1.807) is 0 Å². The number of rotatable bonds is 4. The van der Waals surface area contributed by atoms with Crippen LogP contribution in [0, 0.1) is 0 Å². The van der Waals surface area contributed by atoms with E-state index in [2.05, 4.69) is 4.90 Å². The summed E-state index contributed by atoms with van der Waals surface area (Å²) in [6.07, 6.45) is 0.799. The second kappa shape index (κ2) is 6.29. The first kappa shape index (κ1) is 15.3. The van der Waals surface area contributed by atoms with E-state index in [4.69, 9.17) is 28.9 Å². The number of halogens is 2. The molecule has 3 rings (SSSR count). The number of nitrogens with two attached hydrogens (primary N) is 1. The fourth-order valence-electron chi connectivity index (χ4n) is 2.89. The third-order valence-corrected chi connectivity index (χ3v) is 4.60. The van der Waals surface area contributed by atoms with E-state index in [0.717, 1.165) is 24.1 Å². The largest absolute Gasteiger partial charge is 0.368 e. The van der Waals surface area contributed by atoms with Crippen molar-refractivity contribution in [3.63, 3.8) is 0 Å². The number of primary amides is 1. The number of benzene rings is 2. The molecule has 2 N–H and O–H groups in total. The highest BCUT2D eigenvalue weighted by Crippen LogP contribution is 2.36. The minimum absolute atomic E-state index is 0.0271. The van der Waals surface area contributed by atoms with E-state index in [1.165, 1.54) is 0 Å². The molecule has 1 fully saturated rings. The van der Waals surface area contributed by atoms with Crippen molar-refractivity contribution in [2.45, 2.75) is 18.5 Å². The van der Waals surface area contributed by atoms with Crippen LogP contribution < -0.4 is 5.73 Å². The zero-order valence-corrected chi connectivity index (χ0v) is 13.4. The third kappa shape index (κ3) is 2.98. The lowest BCUT2D eigenvalue weighted by molar-refractivity contribution is -0.128. The Morgan fingerprint density at radius 3 is 1.77 bits per heavy atom. The van der Waals surface area contributed by atoms with Crippen LogP contribution >= 0.6 is 23.2 Å². The molecule has 5 heteroatoms. The summed E-state index contributed by atoms with van der Waals surface area (Å²) in [7, 11) is 0. The fraction of sp³-hybridized carbons (Fsp3) is 0.235. The third-order valence-electron chi connectivity index (χ3n) is 4.09. The lowest BCUT2D eigenvalue weighted by Crippen LogP contribution is -2.56. The Labute approximate surface area is 139 Å². The van der Waals surface area contributed by atoms with Crippen molar-refractivity contribution in [1.29, 1.82) is 0 Å². The van der Waals surface area contributed by atoms with Gasteiger partial charge in [0.05, 0.1) is 12.1 Å². The molecule has 1 atom stereocenters. The molecule has 1 saturated heterocycles. The molecular weight excluding hydrogens is 319 g/mol. The lowest BCUT2D eigenvalue weighted by Gasteiger charge is -2.44. The first-order valence-electron chi connectivity index (χ1n) is 7.12. The highest BCUT2D eigenvalue weighted by atomic mass is 35.5. The maximum absolute atomic E-state index is 11.6. The normalized spacial score (nSPS) is 18.2. The van der Waals surface area contributed by atoms with Gasteiger partial charge >= 0.3 is 0 Å². The van der Waals surface area contributed by atoms with Crippen LogP contribution in [0.1, 0.15) is 23.6 Å². The lowest BCUT2D eigenvalue weighted by atomic mass is 9.90. The van der Waals surface area contributed by atoms with Crippen LogP contribution in [0.15, 0.2) is 48.5 Å². The van der Waals surface area contributed by atoms with Gasteiger partial charge in [-0.25, -0.2) is 0 Å². The van der Waals surface area contributed by atoms with Gasteiger partial charge in [-0.05, 0) is 41.8 Å². The van der Waals surface area contributed by atoms with Crippen molar-refractivity contribution in [3.05, 3.63) is 69.7 Å². The summed E-state index contributed by atoms with van der Waals surface area (Å²) in [5, 5.41) is 1.38. The van der Waals surface area contributed by atoms with Gasteiger partial charge in [-0.3, -0.25) is 9.69 Å². The Balaban J connectivity index is 2.00. The zero-order chi connectivity index (χ0) is 15.7. The van der Waals surface area contributed by atoms with Gasteiger partial charge in [0.15, 0.2) is 0 Å². The Hall–Kier alpha value is -1.55. The fourth-order valence-corrected chi connectivity index (χ4v) is 3.14. The predicted molar refractivity (Wildman–Crippen MR) is 89.1 cm³/mol. The van der Waals surface area contributed by atoms with Crippen LogP contribution in [0.2, 0.25) is 10.0 Å². The molecule has 3 nitrogen and oxygen atoms in total. The van der Waals surface area contributed by atoms with Crippen molar-refractivity contribution in [2.24, 2.45) is 5.73 Å². The first-order chi connectivity index (χ1) is 10.6. The molecule has 1 heterocycles. The van der Waals surface area contributed by atoms with Crippen molar-refractivity contribution < 1.29 is 4.79 Å². The van der Waals surface area contributed by atoms with Crippen LogP contribution in [-0.2, 0) is 4.79 Å². The van der Waals surface area contributed by atoms with Gasteiger partial charge in [0.2, 0.25) is 5.91 Å². The smallest absolute Gasteiger partial charge is 0.234 e. The van der Waals surface area contributed by atoms with E-state index in [9.17, 15) is 4.79 Å². The van der Waals surface area contributed by atoms with E-state index in [-0.39, 0.29) is 18.0 Å². The van der Waals surface area contributed by atoms with Gasteiger partial charge < -0.3 is 5.73 Å². The van der Waals surface area contributed by atoms with Crippen LogP contribution in [-0.4, -0.2) is 23.4 Å². The maximum Gasteiger partial charge on any atom is 0.234 e. The number of nitrogens with zero attached hydrogens (tertiary/aromatic N) is 1. The molecule has 1 unspecified atom stereocenters. The van der Waals surface area contributed by atoms with E-state index >= 15 is 0 Å². The minimum atomic E-state index is -0.279. The summed E-state index contributed by atoms with van der Waals surface area (Å²) in [6, 6.07) is 15.1. The topological polar surface area (TPSA) is 46.3 Å². The second-order valence-corrected chi connectivity index (χ2v) is 6.32. The zero-order valence-electron chi connectivity index (χ0n) is 11.9. The minimum Gasteiger partial charge on any atom is -0.368 e. The summed E-state index contributed by atoms with van der Waals surface area (Å²) < 4.78 is 0. The molecule has 0 aliphatic carbocycles. The average molecular weight is 335 g/mol. The molecule has 2 aromatic rings. The Morgan fingerprint density at radius 1 is 1.00 bits per heavy atom. The molecule has 1 aliphatic heterocycles. The molecule has 0 radical (unpaired) electrons. The molecule has 1 aliphatic rings. The van der Waals surface area contributed by atoms with E-state index < -0.39 is 0 Å². The quantitative estimate of drug-likeness (QED) is 0.927. The van der Waals surface area contributed by atoms with Crippen molar-refractivity contribution in [2.75, 3.05) is 6.54 Å². The maximum atomic E-state index is 11.6. The molecular formula is C17H16Cl2N2O. The molecule has 1 amide bonds. The van der Waals surface area contributed by atoms with Gasteiger partial charge in [-0.15, -0.1) is 0 Å². The summed E-state index contributed by atoms with van der Waals surface area (Å²) in [5.41, 5.74) is 7.67. The second-order valence-electron chi connectivity index (χ2n) is 5.45. The van der Waals surface area contributed by atoms with E-state index in [0.29, 0.717) is 10.0 Å². The summed E-state index contributed by atoms with van der Waals surface area (Å²) in [4.78, 5) is 13.7. The summed E-state index contributed by atoms with van der Waals surface area (Å²) in [6.45, 7) is 0.837. The molecule has 22 heavy (non-hydrogen) atoms. The van der Waals surface area contributed by atoms with Gasteiger partial charge in [0, 0.05) is 16.6 Å². The average Bonchev–Trinajstić information content (AvgIpc) is 2.45. The van der Waals surface area contributed by atoms with Crippen LogP contribution in [0.25, 0.3) is 0 Å². The van der Waals surface area contributed by atoms with Gasteiger partial charge in [-0.2, -0.15) is 0 Å². The highest BCUT2D eigenvalue weighted by Gasteiger charge is 2.38. The Bertz CT molecular complexity index is 625. The number of hydrogen-bond donors (Lipinski definition) is 1. The Morgan fingerprint density at radius 2 is 1.45 bits per heavy atom. The van der Waals surface area contributed by atoms with Gasteiger partial charge in [0.25, 0.3) is 0 Å². The van der Waals surface area contributed by atoms with Crippen molar-refractivity contribution >= 4 is 29.1 Å². The molecule has 114 valence electrons. The summed E-state index contributed by atoms with van der Waals surface area (Å²) >= 11 is 12.0. The van der Waals surface area contributed by atoms with Crippen LogP contribution in [0.3, 0.4) is 0 Å². The van der Waals surface area contributed by atoms with Gasteiger partial charge in [0.1, 0.15) is 0 Å². The predicted octanol–water partition coefficient (Wildman–Crippen LogP) is 3.64. The monoisotopic (exact) mass is 334 g/mol. The van der Waals surface area contributed by atoms with Crippen LogP contribution in [0.4, 0.5) is 0 Å². The van der Waals surface area contributed by atoms with Crippen LogP contribution in [0.5, 0.6) is 0 Å². The van der Waals surface area contributed by atoms with Gasteiger partial charge in [-0.1, -0.05) is 47.5 Å². The van der Waals surface area contributed by atoms with Crippen molar-refractivity contribution in [3.8, 4) is 0 Å².